The Morgan fingerprint density at radius 3 is 1.64 bits per heavy atom. The molecule has 2 saturated heterocycles. The number of hydrazone groups is 2. The van der Waals surface area contributed by atoms with Crippen LogP contribution in [0.15, 0.2) is 10.2 Å². The van der Waals surface area contributed by atoms with Crippen molar-refractivity contribution < 1.29 is 19.2 Å². The topological polar surface area (TPSA) is 141 Å². The third-order valence-corrected chi connectivity index (χ3v) is 3.19. The monoisotopic (exact) mass is 308 g/mol. The molecule has 0 aromatic carbocycles. The fourth-order valence-corrected chi connectivity index (χ4v) is 2.05. The van der Waals surface area contributed by atoms with E-state index in [4.69, 9.17) is 0 Å². The van der Waals surface area contributed by atoms with Crippen LogP contribution in [0.4, 0.5) is 0 Å². The Labute approximate surface area is 125 Å². The summed E-state index contributed by atoms with van der Waals surface area (Å²) >= 11 is 0. The SMILES string of the molecule is O=C1CC[C@@H](C(=O)N/N=C\C=N\NC(=O)[C@@H]2CCC(=O)N2)N1. The zero-order chi connectivity index (χ0) is 15.9. The summed E-state index contributed by atoms with van der Waals surface area (Å²) in [7, 11) is 0. The van der Waals surface area contributed by atoms with Gasteiger partial charge in [0.05, 0.1) is 12.4 Å². The van der Waals surface area contributed by atoms with Crippen molar-refractivity contribution in [2.24, 2.45) is 10.2 Å². The lowest BCUT2D eigenvalue weighted by atomic mass is 10.2. The van der Waals surface area contributed by atoms with Crippen LogP contribution in [0.2, 0.25) is 0 Å². The second-order valence-electron chi connectivity index (χ2n) is 4.83. The van der Waals surface area contributed by atoms with Gasteiger partial charge in [-0.3, -0.25) is 19.2 Å². The first-order valence-electron chi connectivity index (χ1n) is 6.79. The van der Waals surface area contributed by atoms with E-state index in [-0.39, 0.29) is 11.8 Å². The zero-order valence-electron chi connectivity index (χ0n) is 11.7. The molecule has 0 unspecified atom stereocenters. The van der Waals surface area contributed by atoms with Gasteiger partial charge in [-0.1, -0.05) is 0 Å². The summed E-state index contributed by atoms with van der Waals surface area (Å²) in [6.07, 6.45) is 3.90. The van der Waals surface area contributed by atoms with E-state index in [1.54, 1.807) is 0 Å². The first-order chi connectivity index (χ1) is 10.6. The largest absolute Gasteiger partial charge is 0.344 e. The second kappa shape index (κ2) is 7.29. The first-order valence-corrected chi connectivity index (χ1v) is 6.79. The summed E-state index contributed by atoms with van der Waals surface area (Å²) in [4.78, 5) is 45.0. The van der Waals surface area contributed by atoms with Crippen LogP contribution < -0.4 is 21.5 Å². The van der Waals surface area contributed by atoms with E-state index < -0.39 is 23.9 Å². The number of hydrogen-bond acceptors (Lipinski definition) is 6. The van der Waals surface area contributed by atoms with Gasteiger partial charge in [-0.25, -0.2) is 10.9 Å². The predicted molar refractivity (Wildman–Crippen MR) is 75.6 cm³/mol. The average Bonchev–Trinajstić information content (AvgIpc) is 3.11. The highest BCUT2D eigenvalue weighted by Crippen LogP contribution is 2.06. The molecule has 118 valence electrons. The summed E-state index contributed by atoms with van der Waals surface area (Å²) in [5, 5.41) is 12.2. The summed E-state index contributed by atoms with van der Waals surface area (Å²) < 4.78 is 0. The minimum atomic E-state index is -0.563. The van der Waals surface area contributed by atoms with Crippen molar-refractivity contribution in [3.8, 4) is 0 Å². The Morgan fingerprint density at radius 1 is 0.909 bits per heavy atom. The molecule has 22 heavy (non-hydrogen) atoms. The summed E-state index contributed by atoms with van der Waals surface area (Å²) in [5.41, 5.74) is 4.50. The van der Waals surface area contributed by atoms with Crippen molar-refractivity contribution in [2.75, 3.05) is 0 Å². The van der Waals surface area contributed by atoms with Crippen molar-refractivity contribution in [1.29, 1.82) is 0 Å². The van der Waals surface area contributed by atoms with E-state index >= 15 is 0 Å². The molecule has 2 aliphatic rings. The fraction of sp³-hybridized carbons (Fsp3) is 0.500. The molecule has 2 fully saturated rings. The van der Waals surface area contributed by atoms with Gasteiger partial charge in [0.15, 0.2) is 0 Å². The minimum absolute atomic E-state index is 0.160. The summed E-state index contributed by atoms with van der Waals surface area (Å²) in [6.45, 7) is 0. The molecule has 2 heterocycles. The Balaban J connectivity index is 1.64. The van der Waals surface area contributed by atoms with E-state index in [2.05, 4.69) is 31.7 Å². The Kier molecular flexibility index (Phi) is 5.17. The van der Waals surface area contributed by atoms with Gasteiger partial charge in [-0.15, -0.1) is 0 Å². The van der Waals surface area contributed by atoms with Crippen molar-refractivity contribution in [1.82, 2.24) is 21.5 Å². The average molecular weight is 308 g/mol. The van der Waals surface area contributed by atoms with Gasteiger partial charge in [-0.2, -0.15) is 10.2 Å². The molecule has 0 spiro atoms. The molecule has 10 heteroatoms. The van der Waals surface area contributed by atoms with Gasteiger partial charge in [0.2, 0.25) is 11.8 Å². The summed E-state index contributed by atoms with van der Waals surface area (Å²) in [5.74, 6) is -1.14. The Bertz CT molecular complexity index is 496. The molecule has 2 rings (SSSR count). The molecule has 4 N–H and O–H groups in total. The number of nitrogens with zero attached hydrogens (tertiary/aromatic N) is 2. The lowest BCUT2D eigenvalue weighted by Crippen LogP contribution is -2.39. The molecule has 0 saturated carbocycles. The number of hydrogen-bond donors (Lipinski definition) is 4. The molecule has 10 nitrogen and oxygen atoms in total. The molecule has 0 aromatic rings. The standard InChI is InChI=1S/C12H16N6O4/c19-9-3-1-7(15-9)11(21)17-13-5-6-14-18-12(22)8-2-4-10(20)16-8/h5-8H,1-4H2,(H,15,19)(H,16,20)(H,17,21)(H,18,22)/b13-5-,14-6+/t7-,8-/m0/s1. The highest BCUT2D eigenvalue weighted by Gasteiger charge is 2.27. The number of rotatable bonds is 5. The van der Waals surface area contributed by atoms with Gasteiger partial charge < -0.3 is 10.6 Å². The molecule has 0 radical (unpaired) electrons. The van der Waals surface area contributed by atoms with Crippen LogP contribution in [0.25, 0.3) is 0 Å². The highest BCUT2D eigenvalue weighted by molar-refractivity contribution is 6.16. The van der Waals surface area contributed by atoms with E-state index in [0.717, 1.165) is 0 Å². The van der Waals surface area contributed by atoms with Crippen molar-refractivity contribution in [3.63, 3.8) is 0 Å². The van der Waals surface area contributed by atoms with Crippen molar-refractivity contribution in [2.45, 2.75) is 37.8 Å². The molecule has 0 aliphatic carbocycles. The molecule has 0 aromatic heterocycles. The number of carbonyl (C=O) groups excluding carboxylic acids is 4. The fourth-order valence-electron chi connectivity index (χ4n) is 2.05. The van der Waals surface area contributed by atoms with E-state index in [9.17, 15) is 19.2 Å². The highest BCUT2D eigenvalue weighted by atomic mass is 16.2. The van der Waals surface area contributed by atoms with Gasteiger partial charge in [0, 0.05) is 12.8 Å². The molecule has 2 atom stereocenters. The van der Waals surface area contributed by atoms with Gasteiger partial charge in [0.25, 0.3) is 11.8 Å². The smallest absolute Gasteiger partial charge is 0.262 e. The molecular weight excluding hydrogens is 292 g/mol. The van der Waals surface area contributed by atoms with E-state index in [1.165, 1.54) is 12.4 Å². The first kappa shape index (κ1) is 15.6. The van der Waals surface area contributed by atoms with Crippen molar-refractivity contribution in [3.05, 3.63) is 0 Å². The molecule has 4 amide bonds. The van der Waals surface area contributed by atoms with Crippen LogP contribution in [-0.2, 0) is 19.2 Å². The van der Waals surface area contributed by atoms with Crippen molar-refractivity contribution >= 4 is 36.1 Å². The van der Waals surface area contributed by atoms with E-state index in [1.807, 2.05) is 0 Å². The predicted octanol–water partition coefficient (Wildman–Crippen LogP) is -2.25. The van der Waals surface area contributed by atoms with Crippen LogP contribution in [0.1, 0.15) is 25.7 Å². The normalized spacial score (nSPS) is 24.5. The zero-order valence-corrected chi connectivity index (χ0v) is 11.7. The maximum atomic E-state index is 11.5. The lowest BCUT2D eigenvalue weighted by molar-refractivity contribution is -0.125. The number of carbonyl (C=O) groups is 4. The third kappa shape index (κ3) is 4.36. The van der Waals surface area contributed by atoms with Gasteiger partial charge >= 0.3 is 0 Å². The number of nitrogens with one attached hydrogen (secondary N) is 4. The minimum Gasteiger partial charge on any atom is -0.344 e. The van der Waals surface area contributed by atoms with Crippen LogP contribution >= 0.6 is 0 Å². The Hall–Kier alpha value is -2.78. The van der Waals surface area contributed by atoms with Crippen LogP contribution in [0.5, 0.6) is 0 Å². The second-order valence-corrected chi connectivity index (χ2v) is 4.83. The molecular formula is C12H16N6O4. The molecule has 0 bridgehead atoms. The van der Waals surface area contributed by atoms with E-state index in [0.29, 0.717) is 25.7 Å². The maximum absolute atomic E-state index is 11.5. The van der Waals surface area contributed by atoms with Gasteiger partial charge in [0.1, 0.15) is 12.1 Å². The summed E-state index contributed by atoms with van der Waals surface area (Å²) in [6, 6.07) is -1.13. The van der Waals surface area contributed by atoms with Crippen LogP contribution in [0, 0.1) is 0 Å². The van der Waals surface area contributed by atoms with Crippen LogP contribution in [0.3, 0.4) is 0 Å². The Morgan fingerprint density at radius 2 is 1.32 bits per heavy atom. The lowest BCUT2D eigenvalue weighted by Gasteiger charge is -2.06. The number of amides is 4. The maximum Gasteiger partial charge on any atom is 0.262 e. The quantitative estimate of drug-likeness (QED) is 0.336. The van der Waals surface area contributed by atoms with Crippen LogP contribution in [-0.4, -0.2) is 48.1 Å². The third-order valence-electron chi connectivity index (χ3n) is 3.19. The molecule has 2 aliphatic heterocycles. The van der Waals surface area contributed by atoms with Gasteiger partial charge in [-0.05, 0) is 12.8 Å².